The van der Waals surface area contributed by atoms with E-state index in [1.54, 1.807) is 0 Å². The van der Waals surface area contributed by atoms with Crippen molar-refractivity contribution in [1.29, 1.82) is 0 Å². The molecule has 0 heterocycles. The third-order valence-electron chi connectivity index (χ3n) is 3.05. The van der Waals surface area contributed by atoms with E-state index in [0.717, 1.165) is 5.69 Å². The summed E-state index contributed by atoms with van der Waals surface area (Å²) in [6.45, 7) is 2.37. The summed E-state index contributed by atoms with van der Waals surface area (Å²) in [5.74, 6) is -0.560. The fraction of sp³-hybridized carbons (Fsp3) is 0.429. The fourth-order valence-electron chi connectivity index (χ4n) is 1.63. The SMILES string of the molecule is CC(CNC(=O)CNC(=O)CN)N(C)c1ccccc1.Cl.Cl. The lowest BCUT2D eigenvalue weighted by Gasteiger charge is -2.27. The number of carbonyl (C=O) groups is 2. The Labute approximate surface area is 143 Å². The van der Waals surface area contributed by atoms with Crippen LogP contribution in [-0.2, 0) is 9.59 Å². The van der Waals surface area contributed by atoms with E-state index in [1.165, 1.54) is 0 Å². The van der Waals surface area contributed by atoms with Crippen molar-refractivity contribution in [2.75, 3.05) is 31.6 Å². The Morgan fingerprint density at radius 3 is 2.27 bits per heavy atom. The van der Waals surface area contributed by atoms with Gasteiger partial charge in [-0.25, -0.2) is 0 Å². The van der Waals surface area contributed by atoms with Gasteiger partial charge in [0.1, 0.15) is 0 Å². The first-order valence-corrected chi connectivity index (χ1v) is 6.56. The number of nitrogens with two attached hydrogens (primary N) is 1. The molecule has 0 spiro atoms. The van der Waals surface area contributed by atoms with Crippen molar-refractivity contribution in [3.8, 4) is 0 Å². The number of hydrogen-bond acceptors (Lipinski definition) is 4. The number of carbonyl (C=O) groups excluding carboxylic acids is 2. The van der Waals surface area contributed by atoms with Crippen LogP contribution < -0.4 is 21.3 Å². The number of nitrogens with zero attached hydrogens (tertiary/aromatic N) is 1. The minimum Gasteiger partial charge on any atom is -0.370 e. The lowest BCUT2D eigenvalue weighted by Crippen LogP contribution is -2.44. The highest BCUT2D eigenvalue weighted by atomic mass is 35.5. The summed E-state index contributed by atoms with van der Waals surface area (Å²) < 4.78 is 0. The predicted octanol–water partition coefficient (Wildman–Crippen LogP) is 0.546. The zero-order valence-corrected chi connectivity index (χ0v) is 14.4. The zero-order chi connectivity index (χ0) is 15.0. The lowest BCUT2D eigenvalue weighted by molar-refractivity contribution is -0.125. The molecule has 0 saturated heterocycles. The fourth-order valence-corrected chi connectivity index (χ4v) is 1.63. The highest BCUT2D eigenvalue weighted by Gasteiger charge is 2.11. The Morgan fingerprint density at radius 2 is 1.73 bits per heavy atom. The number of hydrogen-bond donors (Lipinski definition) is 3. The van der Waals surface area contributed by atoms with E-state index in [0.29, 0.717) is 6.54 Å². The summed E-state index contributed by atoms with van der Waals surface area (Å²) in [5, 5.41) is 5.20. The Bertz CT molecular complexity index is 446. The van der Waals surface area contributed by atoms with Gasteiger partial charge in [0, 0.05) is 25.3 Å². The molecule has 0 fully saturated rings. The average molecular weight is 351 g/mol. The summed E-state index contributed by atoms with van der Waals surface area (Å²) in [6.07, 6.45) is 0. The molecule has 6 nitrogen and oxygen atoms in total. The topological polar surface area (TPSA) is 87.5 Å². The number of rotatable bonds is 7. The molecular formula is C14H24Cl2N4O2. The molecule has 126 valence electrons. The van der Waals surface area contributed by atoms with Crippen LogP contribution in [0.4, 0.5) is 5.69 Å². The smallest absolute Gasteiger partial charge is 0.239 e. The van der Waals surface area contributed by atoms with Gasteiger partial charge in [0.25, 0.3) is 0 Å². The number of anilines is 1. The maximum atomic E-state index is 11.5. The van der Waals surface area contributed by atoms with Crippen molar-refractivity contribution in [1.82, 2.24) is 10.6 Å². The molecule has 1 unspecified atom stereocenters. The van der Waals surface area contributed by atoms with Gasteiger partial charge in [-0.05, 0) is 19.1 Å². The van der Waals surface area contributed by atoms with Gasteiger partial charge in [-0.2, -0.15) is 0 Å². The molecule has 4 N–H and O–H groups in total. The third kappa shape index (κ3) is 8.07. The van der Waals surface area contributed by atoms with Crippen LogP contribution in [0.5, 0.6) is 0 Å². The summed E-state index contributed by atoms with van der Waals surface area (Å²) in [6, 6.07) is 10.1. The number of benzene rings is 1. The molecule has 0 aromatic heterocycles. The molecule has 8 heteroatoms. The van der Waals surface area contributed by atoms with Crippen LogP contribution in [0, 0.1) is 0 Å². The maximum Gasteiger partial charge on any atom is 0.239 e. The Balaban J connectivity index is 0. The van der Waals surface area contributed by atoms with Crippen LogP contribution in [0.25, 0.3) is 0 Å². The van der Waals surface area contributed by atoms with Gasteiger partial charge in [0.05, 0.1) is 13.1 Å². The van der Waals surface area contributed by atoms with Gasteiger partial charge >= 0.3 is 0 Å². The molecule has 0 aliphatic rings. The minimum absolute atomic E-state index is 0. The first kappa shape index (κ1) is 22.8. The molecule has 0 saturated carbocycles. The molecule has 2 amide bonds. The van der Waals surface area contributed by atoms with E-state index in [4.69, 9.17) is 5.73 Å². The van der Waals surface area contributed by atoms with Crippen LogP contribution in [0.2, 0.25) is 0 Å². The zero-order valence-electron chi connectivity index (χ0n) is 12.7. The van der Waals surface area contributed by atoms with Crippen molar-refractivity contribution in [3.05, 3.63) is 30.3 Å². The van der Waals surface area contributed by atoms with Crippen molar-refractivity contribution in [3.63, 3.8) is 0 Å². The molecule has 1 rings (SSSR count). The van der Waals surface area contributed by atoms with Gasteiger partial charge in [-0.15, -0.1) is 24.8 Å². The summed E-state index contributed by atoms with van der Waals surface area (Å²) >= 11 is 0. The molecule has 22 heavy (non-hydrogen) atoms. The number of para-hydroxylation sites is 1. The van der Waals surface area contributed by atoms with Crippen LogP contribution in [0.15, 0.2) is 30.3 Å². The number of nitrogens with one attached hydrogen (secondary N) is 2. The van der Waals surface area contributed by atoms with Gasteiger partial charge < -0.3 is 21.3 Å². The third-order valence-corrected chi connectivity index (χ3v) is 3.05. The van der Waals surface area contributed by atoms with E-state index >= 15 is 0 Å². The highest BCUT2D eigenvalue weighted by Crippen LogP contribution is 2.13. The molecule has 1 aromatic rings. The number of amides is 2. The van der Waals surface area contributed by atoms with Crippen LogP contribution >= 0.6 is 24.8 Å². The second-order valence-electron chi connectivity index (χ2n) is 4.58. The lowest BCUT2D eigenvalue weighted by atomic mass is 10.2. The maximum absolute atomic E-state index is 11.5. The standard InChI is InChI=1S/C14H22N4O2.2ClH/c1-11(18(2)12-6-4-3-5-7-12)9-16-14(20)10-17-13(19)8-15;;/h3-7,11H,8-10,15H2,1-2H3,(H,16,20)(H,17,19);2*1H. The van der Waals surface area contributed by atoms with Crippen molar-refractivity contribution in [2.45, 2.75) is 13.0 Å². The van der Waals surface area contributed by atoms with Crippen LogP contribution in [0.1, 0.15) is 6.92 Å². The van der Waals surface area contributed by atoms with Gasteiger partial charge in [0.2, 0.25) is 11.8 Å². The molecule has 1 aromatic carbocycles. The predicted molar refractivity (Wildman–Crippen MR) is 93.9 cm³/mol. The number of halogens is 2. The molecule has 0 aliphatic carbocycles. The van der Waals surface area contributed by atoms with E-state index in [2.05, 4.69) is 15.5 Å². The van der Waals surface area contributed by atoms with Gasteiger partial charge in [-0.3, -0.25) is 9.59 Å². The van der Waals surface area contributed by atoms with Gasteiger partial charge in [-0.1, -0.05) is 18.2 Å². The average Bonchev–Trinajstić information content (AvgIpc) is 2.50. The quantitative estimate of drug-likeness (QED) is 0.669. The second-order valence-corrected chi connectivity index (χ2v) is 4.58. The van der Waals surface area contributed by atoms with Gasteiger partial charge in [0.15, 0.2) is 0 Å². The molecule has 1 atom stereocenters. The van der Waals surface area contributed by atoms with Crippen molar-refractivity contribution < 1.29 is 9.59 Å². The van der Waals surface area contributed by atoms with Crippen LogP contribution in [-0.4, -0.2) is 44.5 Å². The first-order chi connectivity index (χ1) is 9.54. The van der Waals surface area contributed by atoms with E-state index in [1.807, 2.05) is 44.3 Å². The Morgan fingerprint density at radius 1 is 1.14 bits per heavy atom. The van der Waals surface area contributed by atoms with E-state index < -0.39 is 0 Å². The second kappa shape index (κ2) is 12.1. The van der Waals surface area contributed by atoms with Crippen LogP contribution in [0.3, 0.4) is 0 Å². The minimum atomic E-state index is -0.338. The molecule has 0 aliphatic heterocycles. The monoisotopic (exact) mass is 350 g/mol. The summed E-state index contributed by atoms with van der Waals surface area (Å²) in [7, 11) is 1.97. The largest absolute Gasteiger partial charge is 0.370 e. The Hall–Kier alpha value is -1.50. The first-order valence-electron chi connectivity index (χ1n) is 6.56. The van der Waals surface area contributed by atoms with E-state index in [9.17, 15) is 9.59 Å². The molecule has 0 bridgehead atoms. The summed E-state index contributed by atoms with van der Waals surface area (Å²) in [5.41, 5.74) is 6.22. The summed E-state index contributed by atoms with van der Waals surface area (Å²) in [4.78, 5) is 24.5. The van der Waals surface area contributed by atoms with Crippen molar-refractivity contribution >= 4 is 42.3 Å². The normalized spacial score (nSPS) is 10.5. The highest BCUT2D eigenvalue weighted by molar-refractivity contribution is 5.86. The number of likely N-dealkylation sites (N-methyl/N-ethyl adjacent to an activating group) is 1. The molecular weight excluding hydrogens is 327 g/mol. The van der Waals surface area contributed by atoms with E-state index in [-0.39, 0.29) is 55.8 Å². The Kier molecular flexibility index (Phi) is 12.5. The van der Waals surface area contributed by atoms with Crippen molar-refractivity contribution in [2.24, 2.45) is 5.73 Å². The molecule has 0 radical (unpaired) electrons.